The molecule has 0 spiro atoms. The van der Waals surface area contributed by atoms with Crippen molar-refractivity contribution in [2.75, 3.05) is 5.01 Å². The van der Waals surface area contributed by atoms with Gasteiger partial charge in [0, 0.05) is 22.6 Å². The second-order valence-corrected chi connectivity index (χ2v) is 10.8. The Kier molecular flexibility index (Phi) is 7.38. The average Bonchev–Trinajstić information content (AvgIpc) is 3.75. The lowest BCUT2D eigenvalue weighted by atomic mass is 9.98. The third kappa shape index (κ3) is 5.89. The van der Waals surface area contributed by atoms with Gasteiger partial charge in [-0.05, 0) is 70.8 Å². The van der Waals surface area contributed by atoms with E-state index in [1.807, 2.05) is 42.5 Å². The van der Waals surface area contributed by atoms with Gasteiger partial charge in [0.2, 0.25) is 11.8 Å². The molecular formula is C37H27ClN4O. The fourth-order valence-corrected chi connectivity index (χ4v) is 5.33. The smallest absolute Gasteiger partial charge is 0.248 e. The van der Waals surface area contributed by atoms with Crippen LogP contribution in [0.15, 0.2) is 143 Å². The Labute approximate surface area is 255 Å². The number of nitrogens with zero attached hydrogens (tertiary/aromatic N) is 4. The molecule has 0 aliphatic carbocycles. The summed E-state index contributed by atoms with van der Waals surface area (Å²) in [5, 5.41) is 16.3. The Morgan fingerprint density at radius 2 is 1.14 bits per heavy atom. The molecule has 6 heteroatoms. The van der Waals surface area contributed by atoms with Crippen LogP contribution in [0.3, 0.4) is 0 Å². The van der Waals surface area contributed by atoms with E-state index in [0.717, 1.165) is 45.6 Å². The van der Waals surface area contributed by atoms with Gasteiger partial charge in [-0.3, -0.25) is 5.01 Å². The molecule has 0 fully saturated rings. The Hall–Kier alpha value is -5.26. The maximum absolute atomic E-state index is 5.99. The Bertz CT molecular complexity index is 1880. The number of anilines is 1. The molecule has 1 atom stereocenters. The summed E-state index contributed by atoms with van der Waals surface area (Å²) >= 11 is 5.99. The third-order valence-corrected chi connectivity index (χ3v) is 7.75. The van der Waals surface area contributed by atoms with Crippen molar-refractivity contribution in [3.05, 3.63) is 161 Å². The lowest BCUT2D eigenvalue weighted by molar-refractivity contribution is 0.584. The van der Waals surface area contributed by atoms with Crippen molar-refractivity contribution in [1.82, 2.24) is 10.2 Å². The highest BCUT2D eigenvalue weighted by molar-refractivity contribution is 6.30. The van der Waals surface area contributed by atoms with E-state index < -0.39 is 0 Å². The van der Waals surface area contributed by atoms with Gasteiger partial charge in [-0.15, -0.1) is 10.2 Å². The van der Waals surface area contributed by atoms with Gasteiger partial charge in [-0.1, -0.05) is 109 Å². The first-order valence-electron chi connectivity index (χ1n) is 14.1. The zero-order chi connectivity index (χ0) is 29.0. The lowest BCUT2D eigenvalue weighted by Gasteiger charge is -2.24. The molecular weight excluding hydrogens is 552 g/mol. The Morgan fingerprint density at radius 1 is 0.605 bits per heavy atom. The highest BCUT2D eigenvalue weighted by atomic mass is 35.5. The molecule has 5 aromatic carbocycles. The van der Waals surface area contributed by atoms with Gasteiger partial charge in [0.1, 0.15) is 0 Å². The number of rotatable bonds is 7. The minimum absolute atomic E-state index is 0.150. The van der Waals surface area contributed by atoms with Crippen molar-refractivity contribution in [3.8, 4) is 22.9 Å². The summed E-state index contributed by atoms with van der Waals surface area (Å²) in [5.74, 6) is 0.940. The van der Waals surface area contributed by atoms with Crippen molar-refractivity contribution < 1.29 is 4.42 Å². The van der Waals surface area contributed by atoms with Crippen LogP contribution in [0.1, 0.15) is 34.7 Å². The molecule has 1 unspecified atom stereocenters. The minimum Gasteiger partial charge on any atom is -0.416 e. The summed E-state index contributed by atoms with van der Waals surface area (Å²) in [6, 6.07) is 45.1. The summed E-state index contributed by atoms with van der Waals surface area (Å²) < 4.78 is 5.89. The van der Waals surface area contributed by atoms with Gasteiger partial charge in [0.25, 0.3) is 0 Å². The van der Waals surface area contributed by atoms with E-state index in [4.69, 9.17) is 21.1 Å². The molecule has 43 heavy (non-hydrogen) atoms. The first-order valence-corrected chi connectivity index (χ1v) is 14.5. The molecule has 6 aromatic rings. The van der Waals surface area contributed by atoms with Crippen LogP contribution in [0.2, 0.25) is 5.02 Å². The van der Waals surface area contributed by atoms with Gasteiger partial charge in [0.15, 0.2) is 0 Å². The fraction of sp³-hybridized carbons (Fsp3) is 0.0541. The summed E-state index contributed by atoms with van der Waals surface area (Å²) in [5.41, 5.74) is 8.47. The van der Waals surface area contributed by atoms with Crippen LogP contribution in [0.4, 0.5) is 5.69 Å². The van der Waals surface area contributed by atoms with Gasteiger partial charge < -0.3 is 4.42 Å². The highest BCUT2D eigenvalue weighted by Crippen LogP contribution is 2.37. The van der Waals surface area contributed by atoms with Gasteiger partial charge in [-0.2, -0.15) is 5.10 Å². The quantitative estimate of drug-likeness (QED) is 0.177. The van der Waals surface area contributed by atoms with E-state index in [-0.39, 0.29) is 6.04 Å². The molecule has 7 rings (SSSR count). The van der Waals surface area contributed by atoms with Crippen LogP contribution in [0.25, 0.3) is 35.1 Å². The van der Waals surface area contributed by atoms with Gasteiger partial charge >= 0.3 is 0 Å². The average molecular weight is 579 g/mol. The largest absolute Gasteiger partial charge is 0.416 e. The van der Waals surface area contributed by atoms with Crippen LogP contribution < -0.4 is 5.01 Å². The normalized spacial score (nSPS) is 14.8. The third-order valence-electron chi connectivity index (χ3n) is 7.50. The number of halogens is 1. The number of benzene rings is 5. The van der Waals surface area contributed by atoms with Crippen molar-refractivity contribution in [2.45, 2.75) is 12.5 Å². The second kappa shape index (κ2) is 11.9. The number of hydrogen-bond acceptors (Lipinski definition) is 5. The summed E-state index contributed by atoms with van der Waals surface area (Å²) in [4.78, 5) is 0. The standard InChI is InChI=1S/C37H27ClN4O/c38-32-21-19-31(20-22-32)37-40-39-36(43-37)30-17-13-26(14-18-30)11-12-27-15-23-33(24-16-27)42-35(29-9-5-2-6-10-29)25-34(41-42)28-7-3-1-4-8-28/h1-24,35H,25H2. The number of hydrazone groups is 1. The molecule has 1 aliphatic rings. The molecule has 0 N–H and O–H groups in total. The molecule has 1 aliphatic heterocycles. The van der Waals surface area contributed by atoms with E-state index in [2.05, 4.69) is 106 Å². The number of hydrogen-bond donors (Lipinski definition) is 0. The summed E-state index contributed by atoms with van der Waals surface area (Å²) in [6.45, 7) is 0. The Morgan fingerprint density at radius 3 is 1.74 bits per heavy atom. The maximum atomic E-state index is 5.99. The first kappa shape index (κ1) is 26.6. The molecule has 208 valence electrons. The van der Waals surface area contributed by atoms with E-state index in [1.54, 1.807) is 12.1 Å². The van der Waals surface area contributed by atoms with Crippen molar-refractivity contribution in [2.24, 2.45) is 5.10 Å². The number of aromatic nitrogens is 2. The van der Waals surface area contributed by atoms with E-state index in [0.29, 0.717) is 16.8 Å². The first-order chi connectivity index (χ1) is 21.2. The maximum Gasteiger partial charge on any atom is 0.248 e. The van der Waals surface area contributed by atoms with Gasteiger partial charge in [-0.25, -0.2) is 0 Å². The van der Waals surface area contributed by atoms with E-state index >= 15 is 0 Å². The van der Waals surface area contributed by atoms with Crippen LogP contribution in [0, 0.1) is 0 Å². The Balaban J connectivity index is 1.06. The highest BCUT2D eigenvalue weighted by Gasteiger charge is 2.29. The van der Waals surface area contributed by atoms with E-state index in [9.17, 15) is 0 Å². The van der Waals surface area contributed by atoms with Crippen molar-refractivity contribution in [3.63, 3.8) is 0 Å². The molecule has 0 radical (unpaired) electrons. The summed E-state index contributed by atoms with van der Waals surface area (Å²) in [6.07, 6.45) is 5.07. The fourth-order valence-electron chi connectivity index (χ4n) is 5.20. The summed E-state index contributed by atoms with van der Waals surface area (Å²) in [7, 11) is 0. The lowest BCUT2D eigenvalue weighted by Crippen LogP contribution is -2.18. The SMILES string of the molecule is Clc1ccc(-c2nnc(-c3ccc(C=Cc4ccc(N5N=C(c6ccccc6)CC5c5ccccc5)cc4)cc3)o2)cc1. The minimum atomic E-state index is 0.150. The van der Waals surface area contributed by atoms with Crippen LogP contribution >= 0.6 is 11.6 Å². The molecule has 5 nitrogen and oxygen atoms in total. The van der Waals surface area contributed by atoms with Crippen LogP contribution in [-0.2, 0) is 0 Å². The topological polar surface area (TPSA) is 54.5 Å². The van der Waals surface area contributed by atoms with Gasteiger partial charge in [0.05, 0.1) is 17.4 Å². The predicted molar refractivity (Wildman–Crippen MR) is 175 cm³/mol. The predicted octanol–water partition coefficient (Wildman–Crippen LogP) is 9.58. The van der Waals surface area contributed by atoms with Crippen LogP contribution in [-0.4, -0.2) is 15.9 Å². The van der Waals surface area contributed by atoms with E-state index in [1.165, 1.54) is 5.56 Å². The second-order valence-electron chi connectivity index (χ2n) is 10.4. The zero-order valence-corrected chi connectivity index (χ0v) is 24.0. The zero-order valence-electron chi connectivity index (χ0n) is 23.2. The monoisotopic (exact) mass is 578 g/mol. The molecule has 2 heterocycles. The van der Waals surface area contributed by atoms with Crippen LogP contribution in [0.5, 0.6) is 0 Å². The van der Waals surface area contributed by atoms with Crippen molar-refractivity contribution in [1.29, 1.82) is 0 Å². The molecule has 0 bridgehead atoms. The molecule has 0 amide bonds. The molecule has 0 saturated heterocycles. The molecule has 0 saturated carbocycles. The molecule has 1 aromatic heterocycles. The van der Waals surface area contributed by atoms with Crippen molar-refractivity contribution >= 4 is 35.2 Å².